The fourth-order valence-electron chi connectivity index (χ4n) is 1.59. The molecule has 0 fully saturated rings. The molecule has 106 valence electrons. The second kappa shape index (κ2) is 6.64. The van der Waals surface area contributed by atoms with E-state index in [1.54, 1.807) is 42.5 Å². The van der Waals surface area contributed by atoms with Crippen LogP contribution in [0.15, 0.2) is 42.5 Å². The van der Waals surface area contributed by atoms with E-state index >= 15 is 0 Å². The van der Waals surface area contributed by atoms with Crippen LogP contribution in [0.4, 0.5) is 11.4 Å². The summed E-state index contributed by atoms with van der Waals surface area (Å²) in [7, 11) is 0. The Morgan fingerprint density at radius 3 is 2.62 bits per heavy atom. The van der Waals surface area contributed by atoms with Crippen LogP contribution in [0.1, 0.15) is 5.56 Å². The van der Waals surface area contributed by atoms with Gasteiger partial charge in [-0.3, -0.25) is 4.79 Å². The maximum atomic E-state index is 11.7. The van der Waals surface area contributed by atoms with Gasteiger partial charge in [-0.1, -0.05) is 11.6 Å². The molecule has 21 heavy (non-hydrogen) atoms. The Kier molecular flexibility index (Phi) is 4.64. The summed E-state index contributed by atoms with van der Waals surface area (Å²) in [6.07, 6.45) is 0. The van der Waals surface area contributed by atoms with Gasteiger partial charge in [-0.2, -0.15) is 5.26 Å². The third-order valence-corrected chi connectivity index (χ3v) is 2.98. The normalized spacial score (nSPS) is 9.71. The van der Waals surface area contributed by atoms with Crippen LogP contribution >= 0.6 is 11.6 Å². The summed E-state index contributed by atoms with van der Waals surface area (Å²) in [5.74, 6) is 0.195. The largest absolute Gasteiger partial charge is 0.484 e. The molecule has 0 heterocycles. The van der Waals surface area contributed by atoms with E-state index in [4.69, 9.17) is 27.3 Å². The molecule has 2 rings (SSSR count). The van der Waals surface area contributed by atoms with Crippen molar-refractivity contribution in [2.24, 2.45) is 0 Å². The first-order valence-electron chi connectivity index (χ1n) is 6.06. The molecule has 5 nitrogen and oxygen atoms in total. The highest BCUT2D eigenvalue weighted by molar-refractivity contribution is 6.33. The predicted molar refractivity (Wildman–Crippen MR) is 81.1 cm³/mol. The molecule has 3 N–H and O–H groups in total. The molecule has 2 aromatic rings. The zero-order chi connectivity index (χ0) is 15.2. The lowest BCUT2D eigenvalue weighted by Crippen LogP contribution is -2.20. The number of rotatable bonds is 4. The van der Waals surface area contributed by atoms with Crippen molar-refractivity contribution in [1.82, 2.24) is 0 Å². The Balaban J connectivity index is 1.89. The standard InChI is InChI=1S/C15H12ClN3O2/c16-13-6-3-11(7-14(13)18)19-15(20)9-21-12-4-1-10(8-17)2-5-12/h1-7H,9,18H2,(H,19,20). The second-order valence-corrected chi connectivity index (χ2v) is 4.62. The molecule has 0 unspecified atom stereocenters. The minimum Gasteiger partial charge on any atom is -0.484 e. The molecule has 0 saturated carbocycles. The third-order valence-electron chi connectivity index (χ3n) is 2.63. The maximum Gasteiger partial charge on any atom is 0.262 e. The van der Waals surface area contributed by atoms with Gasteiger partial charge in [0, 0.05) is 5.69 Å². The van der Waals surface area contributed by atoms with Gasteiger partial charge in [0.25, 0.3) is 5.91 Å². The number of amides is 1. The highest BCUT2D eigenvalue weighted by Crippen LogP contribution is 2.22. The van der Waals surface area contributed by atoms with E-state index in [0.717, 1.165) is 0 Å². The Bertz CT molecular complexity index is 693. The summed E-state index contributed by atoms with van der Waals surface area (Å²) in [5.41, 5.74) is 7.12. The van der Waals surface area contributed by atoms with Crippen LogP contribution < -0.4 is 15.8 Å². The van der Waals surface area contributed by atoms with E-state index in [1.165, 1.54) is 0 Å². The van der Waals surface area contributed by atoms with Crippen LogP contribution in [0.25, 0.3) is 0 Å². The molecule has 0 aliphatic heterocycles. The van der Waals surface area contributed by atoms with Crippen molar-refractivity contribution in [2.75, 3.05) is 17.7 Å². The highest BCUT2D eigenvalue weighted by atomic mass is 35.5. The minimum atomic E-state index is -0.318. The molecule has 0 bridgehead atoms. The van der Waals surface area contributed by atoms with E-state index < -0.39 is 0 Å². The number of hydrogen-bond acceptors (Lipinski definition) is 4. The SMILES string of the molecule is N#Cc1ccc(OCC(=O)Nc2ccc(Cl)c(N)c2)cc1. The van der Waals surface area contributed by atoms with Gasteiger partial charge >= 0.3 is 0 Å². The molecular weight excluding hydrogens is 290 g/mol. The summed E-state index contributed by atoms with van der Waals surface area (Å²) in [6, 6.07) is 13.3. The quantitative estimate of drug-likeness (QED) is 0.850. The fraction of sp³-hybridized carbons (Fsp3) is 0.0667. The van der Waals surface area contributed by atoms with Crippen molar-refractivity contribution in [3.8, 4) is 11.8 Å². The molecule has 0 aliphatic carbocycles. The highest BCUT2D eigenvalue weighted by Gasteiger charge is 2.05. The first-order valence-corrected chi connectivity index (χ1v) is 6.44. The maximum absolute atomic E-state index is 11.7. The summed E-state index contributed by atoms with van der Waals surface area (Å²) in [5, 5.41) is 11.8. The van der Waals surface area contributed by atoms with E-state index in [0.29, 0.717) is 27.7 Å². The molecule has 2 aromatic carbocycles. The first kappa shape index (κ1) is 14.7. The Morgan fingerprint density at radius 1 is 1.29 bits per heavy atom. The Labute approximate surface area is 126 Å². The third kappa shape index (κ3) is 4.13. The predicted octanol–water partition coefficient (Wildman–Crippen LogP) is 2.81. The average molecular weight is 302 g/mol. The van der Waals surface area contributed by atoms with Gasteiger partial charge in [0.1, 0.15) is 5.75 Å². The van der Waals surface area contributed by atoms with Crippen molar-refractivity contribution in [2.45, 2.75) is 0 Å². The van der Waals surface area contributed by atoms with E-state index in [9.17, 15) is 4.79 Å². The number of benzene rings is 2. The van der Waals surface area contributed by atoms with Crippen molar-refractivity contribution in [3.63, 3.8) is 0 Å². The molecule has 0 aromatic heterocycles. The van der Waals surface area contributed by atoms with Crippen LogP contribution in [0.5, 0.6) is 5.75 Å². The number of hydrogen-bond donors (Lipinski definition) is 2. The molecule has 0 radical (unpaired) electrons. The van der Waals surface area contributed by atoms with Crippen LogP contribution in [0, 0.1) is 11.3 Å². The summed E-state index contributed by atoms with van der Waals surface area (Å²) < 4.78 is 5.31. The van der Waals surface area contributed by atoms with Crippen LogP contribution in [0.2, 0.25) is 5.02 Å². The number of anilines is 2. The molecule has 0 aliphatic rings. The number of nitrogens with two attached hydrogens (primary N) is 1. The summed E-state index contributed by atoms with van der Waals surface area (Å²) >= 11 is 5.80. The van der Waals surface area contributed by atoms with Crippen molar-refractivity contribution >= 4 is 28.9 Å². The Hall–Kier alpha value is -2.71. The van der Waals surface area contributed by atoms with Crippen molar-refractivity contribution < 1.29 is 9.53 Å². The summed E-state index contributed by atoms with van der Waals surface area (Å²) in [6.45, 7) is -0.144. The molecule has 0 atom stereocenters. The molecule has 6 heteroatoms. The van der Waals surface area contributed by atoms with Gasteiger partial charge in [0.15, 0.2) is 6.61 Å². The van der Waals surface area contributed by atoms with Gasteiger partial charge in [-0.25, -0.2) is 0 Å². The lowest BCUT2D eigenvalue weighted by Gasteiger charge is -2.08. The van der Waals surface area contributed by atoms with E-state index in [-0.39, 0.29) is 12.5 Å². The molecule has 0 saturated heterocycles. The monoisotopic (exact) mass is 301 g/mol. The topological polar surface area (TPSA) is 88.1 Å². The minimum absolute atomic E-state index is 0.144. The van der Waals surface area contributed by atoms with Gasteiger partial charge in [0.05, 0.1) is 22.3 Å². The van der Waals surface area contributed by atoms with Crippen LogP contribution in [-0.4, -0.2) is 12.5 Å². The number of nitrogen functional groups attached to an aromatic ring is 1. The smallest absolute Gasteiger partial charge is 0.262 e. The molecule has 0 spiro atoms. The lowest BCUT2D eigenvalue weighted by molar-refractivity contribution is -0.118. The number of nitrogens with one attached hydrogen (secondary N) is 1. The Morgan fingerprint density at radius 2 is 2.00 bits per heavy atom. The van der Waals surface area contributed by atoms with Crippen molar-refractivity contribution in [1.29, 1.82) is 5.26 Å². The number of nitrogens with zero attached hydrogens (tertiary/aromatic N) is 1. The first-order chi connectivity index (χ1) is 10.1. The van der Waals surface area contributed by atoms with E-state index in [1.807, 2.05) is 6.07 Å². The van der Waals surface area contributed by atoms with Crippen LogP contribution in [-0.2, 0) is 4.79 Å². The molecular formula is C15H12ClN3O2. The number of nitriles is 1. The van der Waals surface area contributed by atoms with Gasteiger partial charge in [-0.05, 0) is 42.5 Å². The number of halogens is 1. The number of ether oxygens (including phenoxy) is 1. The average Bonchev–Trinajstić information content (AvgIpc) is 2.49. The second-order valence-electron chi connectivity index (χ2n) is 4.21. The van der Waals surface area contributed by atoms with Gasteiger partial charge in [-0.15, -0.1) is 0 Å². The zero-order valence-electron chi connectivity index (χ0n) is 11.0. The van der Waals surface area contributed by atoms with Gasteiger partial charge in [0.2, 0.25) is 0 Å². The number of carbonyl (C=O) groups excluding carboxylic acids is 1. The zero-order valence-corrected chi connectivity index (χ0v) is 11.7. The lowest BCUT2D eigenvalue weighted by atomic mass is 10.2. The number of carbonyl (C=O) groups is 1. The molecule has 1 amide bonds. The van der Waals surface area contributed by atoms with Crippen molar-refractivity contribution in [3.05, 3.63) is 53.1 Å². The van der Waals surface area contributed by atoms with Crippen LogP contribution in [0.3, 0.4) is 0 Å². The summed E-state index contributed by atoms with van der Waals surface area (Å²) in [4.78, 5) is 11.7. The van der Waals surface area contributed by atoms with Gasteiger partial charge < -0.3 is 15.8 Å². The van der Waals surface area contributed by atoms with E-state index in [2.05, 4.69) is 5.32 Å². The fourth-order valence-corrected chi connectivity index (χ4v) is 1.71.